The van der Waals surface area contributed by atoms with E-state index >= 15 is 0 Å². The van der Waals surface area contributed by atoms with E-state index in [9.17, 15) is 14.4 Å². The molecule has 0 heterocycles. The molecule has 0 aromatic carbocycles. The Kier molecular flexibility index (Phi) is 9.26. The van der Waals surface area contributed by atoms with E-state index in [1.54, 1.807) is 0 Å². The van der Waals surface area contributed by atoms with Crippen LogP contribution in [0.4, 0.5) is 0 Å². The summed E-state index contributed by atoms with van der Waals surface area (Å²) in [6.45, 7) is 1.91. The maximum Gasteiger partial charge on any atom is 0.328 e. The smallest absolute Gasteiger partial charge is 0.328 e. The van der Waals surface area contributed by atoms with E-state index in [2.05, 4.69) is 31.3 Å². The number of halogens is 1. The van der Waals surface area contributed by atoms with Crippen LogP contribution in [0, 0.1) is 0 Å². The Bertz CT molecular complexity index is 297. The normalized spacial score (nSPS) is 11.5. The lowest BCUT2D eigenvalue weighted by Crippen LogP contribution is -2.40. The van der Waals surface area contributed by atoms with Crippen LogP contribution in [0.15, 0.2) is 0 Å². The van der Waals surface area contributed by atoms with Gasteiger partial charge in [-0.05, 0) is 19.3 Å². The molecule has 0 spiro atoms. The van der Waals surface area contributed by atoms with Crippen molar-refractivity contribution in [1.29, 1.82) is 0 Å². The van der Waals surface area contributed by atoms with Gasteiger partial charge in [-0.15, -0.1) is 0 Å². The van der Waals surface area contributed by atoms with Gasteiger partial charge in [-0.1, -0.05) is 15.9 Å². The molecule has 6 nitrogen and oxygen atoms in total. The molecular formula is C11H19BrN2O4. The number of hydrogen-bond acceptors (Lipinski definition) is 4. The molecule has 104 valence electrons. The summed E-state index contributed by atoms with van der Waals surface area (Å²) in [5.41, 5.74) is 0. The number of carbonyl (C=O) groups excluding carboxylic acids is 3. The van der Waals surface area contributed by atoms with Gasteiger partial charge in [0, 0.05) is 13.5 Å². The third-order valence-electron chi connectivity index (χ3n) is 2.23. The monoisotopic (exact) mass is 322 g/mol. The number of ether oxygens (including phenoxy) is 1. The minimum absolute atomic E-state index is 0.0682. The SMILES string of the molecule is COC(=O)[C@H](CCCCNC(=O)CBr)NC(C)=O. The van der Waals surface area contributed by atoms with E-state index in [1.807, 2.05) is 0 Å². The fraction of sp³-hybridized carbons (Fsp3) is 0.727. The second kappa shape index (κ2) is 9.87. The highest BCUT2D eigenvalue weighted by molar-refractivity contribution is 9.09. The van der Waals surface area contributed by atoms with E-state index in [1.165, 1.54) is 14.0 Å². The Morgan fingerprint density at radius 2 is 1.94 bits per heavy atom. The van der Waals surface area contributed by atoms with Crippen LogP contribution in [0.3, 0.4) is 0 Å². The number of amides is 2. The second-order valence-electron chi connectivity index (χ2n) is 3.76. The lowest BCUT2D eigenvalue weighted by atomic mass is 10.1. The Balaban J connectivity index is 3.86. The summed E-state index contributed by atoms with van der Waals surface area (Å²) in [4.78, 5) is 33.2. The summed E-state index contributed by atoms with van der Waals surface area (Å²) in [6, 6.07) is -0.612. The van der Waals surface area contributed by atoms with E-state index in [0.717, 1.165) is 6.42 Å². The molecule has 2 amide bonds. The first kappa shape index (κ1) is 16.9. The number of nitrogens with one attached hydrogen (secondary N) is 2. The summed E-state index contributed by atoms with van der Waals surface area (Å²) >= 11 is 3.04. The van der Waals surface area contributed by atoms with Gasteiger partial charge in [0.2, 0.25) is 11.8 Å². The zero-order chi connectivity index (χ0) is 14.0. The van der Waals surface area contributed by atoms with Gasteiger partial charge in [0.05, 0.1) is 12.4 Å². The first-order valence-corrected chi connectivity index (χ1v) is 6.81. The number of hydrogen-bond donors (Lipinski definition) is 2. The highest BCUT2D eigenvalue weighted by atomic mass is 79.9. The van der Waals surface area contributed by atoms with E-state index in [4.69, 9.17) is 0 Å². The van der Waals surface area contributed by atoms with Gasteiger partial charge in [0.1, 0.15) is 6.04 Å². The molecule has 2 N–H and O–H groups in total. The zero-order valence-electron chi connectivity index (χ0n) is 10.6. The quantitative estimate of drug-likeness (QED) is 0.383. The molecule has 0 aliphatic rings. The molecule has 0 aromatic rings. The van der Waals surface area contributed by atoms with Crippen molar-refractivity contribution in [1.82, 2.24) is 10.6 Å². The van der Waals surface area contributed by atoms with Crippen molar-refractivity contribution < 1.29 is 19.1 Å². The molecule has 0 aliphatic carbocycles. The maximum atomic E-state index is 11.4. The predicted molar refractivity (Wildman–Crippen MR) is 70.3 cm³/mol. The van der Waals surface area contributed by atoms with Crippen LogP contribution in [0.2, 0.25) is 0 Å². The molecule has 0 unspecified atom stereocenters. The predicted octanol–water partition coefficient (Wildman–Crippen LogP) is 0.345. The largest absolute Gasteiger partial charge is 0.467 e. The number of rotatable bonds is 8. The van der Waals surface area contributed by atoms with Gasteiger partial charge in [-0.25, -0.2) is 4.79 Å². The number of alkyl halides is 1. The molecule has 7 heteroatoms. The van der Waals surface area contributed by atoms with Crippen LogP contribution in [0.25, 0.3) is 0 Å². The minimum atomic E-state index is -0.612. The number of esters is 1. The lowest BCUT2D eigenvalue weighted by Gasteiger charge is -2.15. The second-order valence-corrected chi connectivity index (χ2v) is 4.32. The van der Waals surface area contributed by atoms with E-state index in [-0.39, 0.29) is 17.1 Å². The molecule has 0 aromatic heterocycles. The number of unbranched alkanes of at least 4 members (excludes halogenated alkanes) is 1. The van der Waals surface area contributed by atoms with Gasteiger partial charge in [-0.3, -0.25) is 9.59 Å². The summed E-state index contributed by atoms with van der Waals surface area (Å²) < 4.78 is 4.60. The first-order valence-electron chi connectivity index (χ1n) is 5.68. The zero-order valence-corrected chi connectivity index (χ0v) is 12.2. The molecule has 18 heavy (non-hydrogen) atoms. The Labute approximate surface area is 115 Å². The first-order chi connectivity index (χ1) is 8.51. The topological polar surface area (TPSA) is 84.5 Å². The van der Waals surface area contributed by atoms with Crippen molar-refractivity contribution in [2.75, 3.05) is 19.0 Å². The molecule has 0 rings (SSSR count). The van der Waals surface area contributed by atoms with Crippen molar-refractivity contribution in [3.05, 3.63) is 0 Å². The van der Waals surface area contributed by atoms with Gasteiger partial charge < -0.3 is 15.4 Å². The van der Waals surface area contributed by atoms with Gasteiger partial charge in [0.15, 0.2) is 0 Å². The Hall–Kier alpha value is -1.11. The van der Waals surface area contributed by atoms with Crippen molar-refractivity contribution in [2.24, 2.45) is 0 Å². The Morgan fingerprint density at radius 1 is 1.28 bits per heavy atom. The van der Waals surface area contributed by atoms with Crippen LogP contribution in [-0.4, -0.2) is 42.8 Å². The van der Waals surface area contributed by atoms with Crippen LogP contribution < -0.4 is 10.6 Å². The van der Waals surface area contributed by atoms with Crippen LogP contribution >= 0.6 is 15.9 Å². The molecule has 0 saturated heterocycles. The summed E-state index contributed by atoms with van der Waals surface area (Å²) in [5.74, 6) is -0.783. The fourth-order valence-electron chi connectivity index (χ4n) is 1.39. The van der Waals surface area contributed by atoms with Gasteiger partial charge >= 0.3 is 5.97 Å². The highest BCUT2D eigenvalue weighted by Gasteiger charge is 2.19. The Morgan fingerprint density at radius 3 is 2.44 bits per heavy atom. The van der Waals surface area contributed by atoms with Gasteiger partial charge in [-0.2, -0.15) is 0 Å². The van der Waals surface area contributed by atoms with Crippen LogP contribution in [0.1, 0.15) is 26.2 Å². The lowest BCUT2D eigenvalue weighted by molar-refractivity contribution is -0.145. The van der Waals surface area contributed by atoms with E-state index < -0.39 is 12.0 Å². The summed E-state index contributed by atoms with van der Waals surface area (Å²) in [6.07, 6.45) is 1.95. The van der Waals surface area contributed by atoms with Crippen LogP contribution in [0.5, 0.6) is 0 Å². The molecule has 0 saturated carbocycles. The average Bonchev–Trinajstić information content (AvgIpc) is 2.35. The third-order valence-corrected chi connectivity index (χ3v) is 2.74. The minimum Gasteiger partial charge on any atom is -0.467 e. The van der Waals surface area contributed by atoms with Crippen molar-refractivity contribution in [3.8, 4) is 0 Å². The molecular weight excluding hydrogens is 304 g/mol. The molecule has 0 radical (unpaired) electrons. The van der Waals surface area contributed by atoms with Gasteiger partial charge in [0.25, 0.3) is 0 Å². The van der Waals surface area contributed by atoms with Crippen LogP contribution in [-0.2, 0) is 19.1 Å². The highest BCUT2D eigenvalue weighted by Crippen LogP contribution is 2.02. The average molecular weight is 323 g/mol. The molecule has 0 fully saturated rings. The van der Waals surface area contributed by atoms with E-state index in [0.29, 0.717) is 19.4 Å². The molecule has 1 atom stereocenters. The summed E-state index contributed by atoms with van der Waals surface area (Å²) in [5, 5.41) is 5.52. The van der Waals surface area contributed by atoms with Crippen molar-refractivity contribution in [3.63, 3.8) is 0 Å². The van der Waals surface area contributed by atoms with Crippen molar-refractivity contribution >= 4 is 33.7 Å². The molecule has 0 aliphatic heterocycles. The number of carbonyl (C=O) groups is 3. The number of methoxy groups -OCH3 is 1. The fourth-order valence-corrected chi connectivity index (χ4v) is 1.58. The third kappa shape index (κ3) is 8.05. The van der Waals surface area contributed by atoms with Crippen molar-refractivity contribution in [2.45, 2.75) is 32.2 Å². The molecule has 0 bridgehead atoms. The standard InChI is InChI=1S/C11H19BrN2O4/c1-8(15)14-9(11(17)18-2)5-3-4-6-13-10(16)7-12/h9H,3-7H2,1-2H3,(H,13,16)(H,14,15)/t9-/m0/s1. The maximum absolute atomic E-state index is 11.4. The summed E-state index contributed by atoms with van der Waals surface area (Å²) in [7, 11) is 1.29.